The molecule has 0 atom stereocenters. The van der Waals surface area contributed by atoms with E-state index < -0.39 is 0 Å². The van der Waals surface area contributed by atoms with Gasteiger partial charge in [0.1, 0.15) is 0 Å². The van der Waals surface area contributed by atoms with E-state index in [0.29, 0.717) is 13.1 Å². The summed E-state index contributed by atoms with van der Waals surface area (Å²) in [6.45, 7) is 8.40. The Hall–Kier alpha value is -1.83. The van der Waals surface area contributed by atoms with Crippen LogP contribution in [0, 0.1) is 0 Å². The molecule has 0 aliphatic carbocycles. The van der Waals surface area contributed by atoms with Crippen LogP contribution in [0.2, 0.25) is 0 Å². The van der Waals surface area contributed by atoms with Gasteiger partial charge in [0.2, 0.25) is 5.91 Å². The van der Waals surface area contributed by atoms with Crippen molar-refractivity contribution in [2.75, 3.05) is 13.1 Å². The maximum absolute atomic E-state index is 11.5. The van der Waals surface area contributed by atoms with Crippen LogP contribution in [0.5, 0.6) is 0 Å². The molecule has 16 heavy (non-hydrogen) atoms. The Kier molecular flexibility index (Phi) is 5.06. The summed E-state index contributed by atoms with van der Waals surface area (Å²) in [5, 5.41) is 0. The molecule has 0 heterocycles. The maximum atomic E-state index is 11.5. The fraction of sp³-hybridized carbons (Fsp3) is 0.214. The molecular weight excluding hydrogens is 198 g/mol. The standard InChI is InChI=1S/C14H17NO/c1-3-11-15(14(16)4-2)12-10-13-8-6-5-7-9-13/h3-9H,1-2,10-12H2. The predicted octanol–water partition coefficient (Wildman–Crippen LogP) is 2.43. The van der Waals surface area contributed by atoms with Crippen LogP contribution in [0.1, 0.15) is 5.56 Å². The number of carbonyl (C=O) groups is 1. The fourth-order valence-electron chi connectivity index (χ4n) is 1.49. The molecule has 0 fully saturated rings. The van der Waals surface area contributed by atoms with Crippen molar-refractivity contribution in [2.45, 2.75) is 6.42 Å². The third-order valence-corrected chi connectivity index (χ3v) is 2.35. The third kappa shape index (κ3) is 3.73. The molecule has 1 rings (SSSR count). The topological polar surface area (TPSA) is 20.3 Å². The van der Waals surface area contributed by atoms with Gasteiger partial charge in [-0.25, -0.2) is 0 Å². The molecule has 0 N–H and O–H groups in total. The molecule has 0 bridgehead atoms. The van der Waals surface area contributed by atoms with E-state index in [-0.39, 0.29) is 5.91 Å². The minimum absolute atomic E-state index is 0.0455. The molecule has 2 nitrogen and oxygen atoms in total. The van der Waals surface area contributed by atoms with E-state index in [1.165, 1.54) is 11.6 Å². The number of rotatable bonds is 6. The van der Waals surface area contributed by atoms with E-state index in [2.05, 4.69) is 25.3 Å². The molecule has 0 unspecified atom stereocenters. The van der Waals surface area contributed by atoms with E-state index in [1.807, 2.05) is 18.2 Å². The van der Waals surface area contributed by atoms with Crippen molar-refractivity contribution < 1.29 is 4.79 Å². The summed E-state index contributed by atoms with van der Waals surface area (Å²) in [5.41, 5.74) is 1.23. The largest absolute Gasteiger partial charge is 0.335 e. The molecule has 0 spiro atoms. The van der Waals surface area contributed by atoms with Gasteiger partial charge in [-0.1, -0.05) is 43.0 Å². The molecule has 0 aliphatic rings. The number of hydrogen-bond acceptors (Lipinski definition) is 1. The second kappa shape index (κ2) is 6.62. The molecule has 1 aromatic rings. The lowest BCUT2D eigenvalue weighted by Crippen LogP contribution is -2.31. The van der Waals surface area contributed by atoms with Crippen LogP contribution in [0.15, 0.2) is 55.6 Å². The minimum Gasteiger partial charge on any atom is -0.335 e. The van der Waals surface area contributed by atoms with Crippen LogP contribution < -0.4 is 0 Å². The molecule has 0 aliphatic heterocycles. The summed E-state index contributed by atoms with van der Waals surface area (Å²) in [6, 6.07) is 10.1. The van der Waals surface area contributed by atoms with Gasteiger partial charge in [-0.15, -0.1) is 6.58 Å². The Balaban J connectivity index is 2.53. The Labute approximate surface area is 96.9 Å². The molecule has 0 radical (unpaired) electrons. The molecule has 1 aromatic carbocycles. The second-order valence-electron chi connectivity index (χ2n) is 3.51. The van der Waals surface area contributed by atoms with Crippen LogP contribution in [0.3, 0.4) is 0 Å². The highest BCUT2D eigenvalue weighted by Gasteiger charge is 2.07. The smallest absolute Gasteiger partial charge is 0.246 e. The van der Waals surface area contributed by atoms with Gasteiger partial charge in [-0.2, -0.15) is 0 Å². The van der Waals surface area contributed by atoms with E-state index in [1.54, 1.807) is 11.0 Å². The highest BCUT2D eigenvalue weighted by molar-refractivity contribution is 5.87. The van der Waals surface area contributed by atoms with Crippen LogP contribution in [0.4, 0.5) is 0 Å². The van der Waals surface area contributed by atoms with Crippen LogP contribution >= 0.6 is 0 Å². The molecular formula is C14H17NO. The van der Waals surface area contributed by atoms with Crippen molar-refractivity contribution in [1.82, 2.24) is 4.90 Å². The number of benzene rings is 1. The quantitative estimate of drug-likeness (QED) is 0.527. The molecule has 84 valence electrons. The van der Waals surface area contributed by atoms with Gasteiger partial charge < -0.3 is 4.90 Å². The molecule has 0 saturated heterocycles. The number of nitrogens with zero attached hydrogens (tertiary/aromatic N) is 1. The van der Waals surface area contributed by atoms with Gasteiger partial charge in [-0.3, -0.25) is 4.79 Å². The zero-order chi connectivity index (χ0) is 11.8. The van der Waals surface area contributed by atoms with Crippen LogP contribution in [-0.4, -0.2) is 23.9 Å². The summed E-state index contributed by atoms with van der Waals surface area (Å²) < 4.78 is 0. The minimum atomic E-state index is -0.0455. The van der Waals surface area contributed by atoms with E-state index in [9.17, 15) is 4.79 Å². The highest BCUT2D eigenvalue weighted by atomic mass is 16.2. The molecule has 2 heteroatoms. The number of hydrogen-bond donors (Lipinski definition) is 0. The Morgan fingerprint density at radius 1 is 1.25 bits per heavy atom. The van der Waals surface area contributed by atoms with Gasteiger partial charge in [0.05, 0.1) is 0 Å². The lowest BCUT2D eigenvalue weighted by Gasteiger charge is -2.19. The first-order valence-corrected chi connectivity index (χ1v) is 5.34. The summed E-state index contributed by atoms with van der Waals surface area (Å²) in [7, 11) is 0. The van der Waals surface area contributed by atoms with Crippen LogP contribution in [-0.2, 0) is 11.2 Å². The number of carbonyl (C=O) groups excluding carboxylic acids is 1. The maximum Gasteiger partial charge on any atom is 0.246 e. The first-order valence-electron chi connectivity index (χ1n) is 5.34. The average Bonchev–Trinajstić information content (AvgIpc) is 2.34. The number of amides is 1. The summed E-state index contributed by atoms with van der Waals surface area (Å²) in [4.78, 5) is 13.2. The first kappa shape index (κ1) is 12.2. The van der Waals surface area contributed by atoms with Crippen molar-refractivity contribution >= 4 is 5.91 Å². The highest BCUT2D eigenvalue weighted by Crippen LogP contribution is 2.02. The Morgan fingerprint density at radius 3 is 2.50 bits per heavy atom. The van der Waals surface area contributed by atoms with Gasteiger partial charge in [0, 0.05) is 13.1 Å². The lowest BCUT2D eigenvalue weighted by atomic mass is 10.1. The van der Waals surface area contributed by atoms with Crippen LogP contribution in [0.25, 0.3) is 0 Å². The van der Waals surface area contributed by atoms with E-state index >= 15 is 0 Å². The van der Waals surface area contributed by atoms with Crippen molar-refractivity contribution in [3.8, 4) is 0 Å². The zero-order valence-corrected chi connectivity index (χ0v) is 9.43. The molecule has 0 aromatic heterocycles. The molecule has 1 amide bonds. The summed E-state index contributed by atoms with van der Waals surface area (Å²) in [5.74, 6) is -0.0455. The van der Waals surface area contributed by atoms with Gasteiger partial charge in [0.25, 0.3) is 0 Å². The predicted molar refractivity (Wildman–Crippen MR) is 67.1 cm³/mol. The SMILES string of the molecule is C=CCN(CCc1ccccc1)C(=O)C=C. The summed E-state index contributed by atoms with van der Waals surface area (Å²) in [6.07, 6.45) is 3.93. The van der Waals surface area contributed by atoms with E-state index in [4.69, 9.17) is 0 Å². The summed E-state index contributed by atoms with van der Waals surface area (Å²) >= 11 is 0. The van der Waals surface area contributed by atoms with Crippen molar-refractivity contribution in [2.24, 2.45) is 0 Å². The van der Waals surface area contributed by atoms with Gasteiger partial charge in [0.15, 0.2) is 0 Å². The van der Waals surface area contributed by atoms with Crippen molar-refractivity contribution in [1.29, 1.82) is 0 Å². The van der Waals surface area contributed by atoms with Gasteiger partial charge >= 0.3 is 0 Å². The third-order valence-electron chi connectivity index (χ3n) is 2.35. The lowest BCUT2D eigenvalue weighted by molar-refractivity contribution is -0.125. The van der Waals surface area contributed by atoms with Crippen molar-refractivity contribution in [3.05, 3.63) is 61.2 Å². The van der Waals surface area contributed by atoms with Gasteiger partial charge in [-0.05, 0) is 18.1 Å². The Bertz CT molecular complexity index is 356. The van der Waals surface area contributed by atoms with E-state index in [0.717, 1.165) is 6.42 Å². The zero-order valence-electron chi connectivity index (χ0n) is 9.43. The first-order chi connectivity index (χ1) is 7.77. The Morgan fingerprint density at radius 2 is 1.94 bits per heavy atom. The average molecular weight is 215 g/mol. The molecule has 0 saturated carbocycles. The normalized spacial score (nSPS) is 9.50. The fourth-order valence-corrected chi connectivity index (χ4v) is 1.49. The van der Waals surface area contributed by atoms with Crippen molar-refractivity contribution in [3.63, 3.8) is 0 Å². The second-order valence-corrected chi connectivity index (χ2v) is 3.51. The monoisotopic (exact) mass is 215 g/mol.